The predicted molar refractivity (Wildman–Crippen MR) is 144 cm³/mol. The summed E-state index contributed by atoms with van der Waals surface area (Å²) < 4.78 is 13.5. The molecule has 0 unspecified atom stereocenters. The van der Waals surface area contributed by atoms with Gasteiger partial charge in [0, 0.05) is 70.1 Å². The third kappa shape index (κ3) is 7.64. The molecule has 13 nitrogen and oxygen atoms in total. The van der Waals surface area contributed by atoms with Gasteiger partial charge in [-0.05, 0) is 19.4 Å². The van der Waals surface area contributed by atoms with Crippen molar-refractivity contribution in [3.8, 4) is 0 Å². The number of aromatic nitrogens is 4. The van der Waals surface area contributed by atoms with Crippen molar-refractivity contribution < 1.29 is 24.2 Å². The summed E-state index contributed by atoms with van der Waals surface area (Å²) in [5.74, 6) is 0.656. The first-order chi connectivity index (χ1) is 18.9. The highest BCUT2D eigenvalue weighted by atomic mass is 16.5. The summed E-state index contributed by atoms with van der Waals surface area (Å²) in [4.78, 5) is 36.1. The molecule has 0 saturated carbocycles. The van der Waals surface area contributed by atoms with Gasteiger partial charge in [0.1, 0.15) is 5.82 Å². The van der Waals surface area contributed by atoms with Gasteiger partial charge in [-0.15, -0.1) is 5.10 Å². The van der Waals surface area contributed by atoms with Crippen LogP contribution in [0.15, 0.2) is 24.5 Å². The van der Waals surface area contributed by atoms with Crippen molar-refractivity contribution in [2.24, 2.45) is 5.92 Å². The largest absolute Gasteiger partial charge is 0.394 e. The quantitative estimate of drug-likeness (QED) is 0.549. The first-order valence-electron chi connectivity index (χ1n) is 13.6. The van der Waals surface area contributed by atoms with E-state index in [0.717, 1.165) is 24.6 Å². The number of fused-ring (bicyclic) bond motifs is 1. The van der Waals surface area contributed by atoms with E-state index in [0.29, 0.717) is 51.4 Å². The van der Waals surface area contributed by atoms with Gasteiger partial charge in [0.2, 0.25) is 5.91 Å². The molecule has 3 amide bonds. The number of morpholine rings is 1. The minimum atomic E-state index is -0.383. The summed E-state index contributed by atoms with van der Waals surface area (Å²) in [6.07, 6.45) is 3.94. The van der Waals surface area contributed by atoms with E-state index in [1.54, 1.807) is 40.0 Å². The minimum Gasteiger partial charge on any atom is -0.394 e. The van der Waals surface area contributed by atoms with E-state index in [1.165, 1.54) is 0 Å². The summed E-state index contributed by atoms with van der Waals surface area (Å²) in [6.45, 7) is 8.06. The predicted octanol–water partition coefficient (Wildman–Crippen LogP) is 1.20. The number of hydrogen-bond acceptors (Lipinski definition) is 9. The Morgan fingerprint density at radius 1 is 1.31 bits per heavy atom. The lowest BCUT2D eigenvalue weighted by Crippen LogP contribution is -2.48. The number of ether oxygens (including phenoxy) is 2. The van der Waals surface area contributed by atoms with Crippen molar-refractivity contribution in [1.29, 1.82) is 0 Å². The van der Waals surface area contributed by atoms with Crippen LogP contribution in [-0.4, -0.2) is 112 Å². The van der Waals surface area contributed by atoms with Crippen LogP contribution in [0.4, 0.5) is 16.3 Å². The molecule has 0 aromatic carbocycles. The van der Waals surface area contributed by atoms with E-state index < -0.39 is 0 Å². The van der Waals surface area contributed by atoms with E-state index in [-0.39, 0.29) is 43.2 Å². The fraction of sp³-hybridized carbons (Fsp3) is 0.654. The molecule has 3 atom stereocenters. The van der Waals surface area contributed by atoms with Crippen LogP contribution in [0.2, 0.25) is 0 Å². The number of carbonyl (C=O) groups is 2. The Morgan fingerprint density at radius 2 is 2.10 bits per heavy atom. The molecular formula is C26H40N8O5. The van der Waals surface area contributed by atoms with Gasteiger partial charge in [-0.2, -0.15) is 0 Å². The highest BCUT2D eigenvalue weighted by Crippen LogP contribution is 2.20. The first kappa shape index (κ1) is 28.7. The third-order valence-electron chi connectivity index (χ3n) is 7.27. The summed E-state index contributed by atoms with van der Waals surface area (Å²) in [7, 11) is 1.72. The van der Waals surface area contributed by atoms with Gasteiger partial charge in [-0.3, -0.25) is 4.79 Å². The summed E-state index contributed by atoms with van der Waals surface area (Å²) in [5.41, 5.74) is 1.47. The average Bonchev–Trinajstić information content (AvgIpc) is 3.40. The molecule has 0 aliphatic carbocycles. The second-order valence-corrected chi connectivity index (χ2v) is 10.3. The van der Waals surface area contributed by atoms with E-state index in [9.17, 15) is 14.7 Å². The Kier molecular flexibility index (Phi) is 10.1. The van der Waals surface area contributed by atoms with E-state index in [1.807, 2.05) is 19.9 Å². The lowest BCUT2D eigenvalue weighted by Gasteiger charge is -2.35. The molecule has 2 aromatic heterocycles. The van der Waals surface area contributed by atoms with Crippen LogP contribution < -0.4 is 10.2 Å². The van der Waals surface area contributed by atoms with Crippen molar-refractivity contribution in [2.45, 2.75) is 52.0 Å². The van der Waals surface area contributed by atoms with Crippen LogP contribution in [0.3, 0.4) is 0 Å². The van der Waals surface area contributed by atoms with Crippen LogP contribution in [0.25, 0.3) is 0 Å². The number of aliphatic hydroxyl groups excluding tert-OH is 1. The fourth-order valence-corrected chi connectivity index (χ4v) is 4.78. The molecule has 13 heteroatoms. The zero-order chi connectivity index (χ0) is 27.8. The molecule has 214 valence electrons. The lowest BCUT2D eigenvalue weighted by atomic mass is 10.0. The zero-order valence-electron chi connectivity index (χ0n) is 23.0. The van der Waals surface area contributed by atoms with Gasteiger partial charge in [0.05, 0.1) is 50.5 Å². The highest BCUT2D eigenvalue weighted by molar-refractivity contribution is 5.89. The maximum absolute atomic E-state index is 13.2. The Bertz CT molecular complexity index is 1090. The molecule has 2 aromatic rings. The minimum absolute atomic E-state index is 0.0238. The maximum atomic E-state index is 13.2. The van der Waals surface area contributed by atoms with Crippen molar-refractivity contribution in [1.82, 2.24) is 29.8 Å². The molecule has 2 N–H and O–H groups in total. The number of rotatable bonds is 6. The number of aryl methyl sites for hydroxylation is 1. The Labute approximate surface area is 229 Å². The molecule has 0 bridgehead atoms. The normalized spacial score (nSPS) is 21.9. The SMILES string of the molecule is C[C@@H]1CN([C@H](C)CO)C(=O)CCCn2nncc2CO[C@H]1CN(C)C(=O)Nc1ccnc(N2CCOCC2)c1. The number of anilines is 2. The van der Waals surface area contributed by atoms with E-state index in [4.69, 9.17) is 9.47 Å². The van der Waals surface area contributed by atoms with Crippen molar-refractivity contribution in [3.05, 3.63) is 30.2 Å². The average molecular weight is 545 g/mol. The standard InChI is InChI=1S/C26H40N8O5/c1-19-15-33(20(2)17-35)25(36)5-4-8-34-22(14-28-30-34)18-39-23(19)16-31(3)26(37)29-21-6-7-27-24(13-21)32-9-11-38-12-10-32/h6-7,13-14,19-20,23,35H,4-5,8-12,15-18H2,1-3H3,(H,27,29,37)/t19-,20-,23+/m1/s1. The van der Waals surface area contributed by atoms with Gasteiger partial charge < -0.3 is 34.6 Å². The van der Waals surface area contributed by atoms with Crippen LogP contribution in [-0.2, 0) is 27.4 Å². The molecule has 0 radical (unpaired) electrons. The van der Waals surface area contributed by atoms with Gasteiger partial charge in [-0.25, -0.2) is 14.5 Å². The van der Waals surface area contributed by atoms with Crippen molar-refractivity contribution in [3.63, 3.8) is 0 Å². The number of carbonyl (C=O) groups excluding carboxylic acids is 2. The van der Waals surface area contributed by atoms with Gasteiger partial charge in [-0.1, -0.05) is 12.1 Å². The molecule has 1 saturated heterocycles. The van der Waals surface area contributed by atoms with Crippen LogP contribution >= 0.6 is 0 Å². The van der Waals surface area contributed by atoms with E-state index >= 15 is 0 Å². The third-order valence-corrected chi connectivity index (χ3v) is 7.27. The topological polar surface area (TPSA) is 138 Å². The molecule has 2 aliphatic rings. The summed E-state index contributed by atoms with van der Waals surface area (Å²) in [5, 5.41) is 20.9. The van der Waals surface area contributed by atoms with Gasteiger partial charge in [0.25, 0.3) is 0 Å². The number of hydrogen-bond donors (Lipinski definition) is 2. The number of aliphatic hydroxyl groups is 1. The van der Waals surface area contributed by atoms with Crippen LogP contribution in [0, 0.1) is 5.92 Å². The van der Waals surface area contributed by atoms with E-state index in [2.05, 4.69) is 25.5 Å². The smallest absolute Gasteiger partial charge is 0.321 e. The molecule has 4 rings (SSSR count). The lowest BCUT2D eigenvalue weighted by molar-refractivity contribution is -0.136. The molecule has 39 heavy (non-hydrogen) atoms. The molecule has 2 aliphatic heterocycles. The number of amides is 3. The monoisotopic (exact) mass is 544 g/mol. The maximum Gasteiger partial charge on any atom is 0.321 e. The number of urea groups is 1. The number of nitrogens with one attached hydrogen (secondary N) is 1. The number of nitrogens with zero attached hydrogens (tertiary/aromatic N) is 7. The van der Waals surface area contributed by atoms with Gasteiger partial charge >= 0.3 is 6.03 Å². The molecule has 1 fully saturated rings. The summed E-state index contributed by atoms with van der Waals surface area (Å²) >= 11 is 0. The van der Waals surface area contributed by atoms with Gasteiger partial charge in [0.15, 0.2) is 0 Å². The second-order valence-electron chi connectivity index (χ2n) is 10.3. The Morgan fingerprint density at radius 3 is 2.87 bits per heavy atom. The fourth-order valence-electron chi connectivity index (χ4n) is 4.78. The number of likely N-dealkylation sites (N-methyl/N-ethyl adjacent to an activating group) is 1. The number of pyridine rings is 1. The van der Waals surface area contributed by atoms with Crippen molar-refractivity contribution in [2.75, 3.05) is 63.3 Å². The van der Waals surface area contributed by atoms with Crippen LogP contribution in [0.1, 0.15) is 32.4 Å². The zero-order valence-corrected chi connectivity index (χ0v) is 23.0. The highest BCUT2D eigenvalue weighted by Gasteiger charge is 2.29. The Hall–Kier alpha value is -3.29. The molecule has 0 spiro atoms. The first-order valence-corrected chi connectivity index (χ1v) is 13.6. The molecule has 4 heterocycles. The molecular weight excluding hydrogens is 504 g/mol. The summed E-state index contributed by atoms with van der Waals surface area (Å²) in [6, 6.07) is 3.02. The van der Waals surface area contributed by atoms with Crippen molar-refractivity contribution >= 4 is 23.4 Å². The Balaban J connectivity index is 1.45. The second kappa shape index (κ2) is 13.7. The van der Waals surface area contributed by atoms with Crippen LogP contribution in [0.5, 0.6) is 0 Å².